The molecule has 0 spiro atoms. The molecule has 16 heavy (non-hydrogen) atoms. The van der Waals surface area contributed by atoms with Crippen LogP contribution >= 0.6 is 10.7 Å². The molecule has 0 saturated carbocycles. The highest BCUT2D eigenvalue weighted by atomic mass is 35.7. The van der Waals surface area contributed by atoms with Gasteiger partial charge in [-0.15, -0.1) is 0 Å². The molecule has 0 heterocycles. The lowest BCUT2D eigenvalue weighted by atomic mass is 10.1. The first-order valence-corrected chi connectivity index (χ1v) is 7.48. The van der Waals surface area contributed by atoms with Crippen LogP contribution in [0, 0.1) is 13.8 Å². The molecule has 0 fully saturated rings. The van der Waals surface area contributed by atoms with Gasteiger partial charge in [-0.3, -0.25) is 0 Å². The number of hydrogen-bond donors (Lipinski definition) is 0. The molecule has 0 aliphatic carbocycles. The van der Waals surface area contributed by atoms with Gasteiger partial charge in [-0.1, -0.05) is 6.07 Å². The zero-order valence-electron chi connectivity index (χ0n) is 9.36. The fourth-order valence-electron chi connectivity index (χ4n) is 1.44. The standard InChI is InChI=1S/C11H15ClO3S/c1-9-6-10(2)8-11(7-9)15-4-3-5-16(12,13)14/h6-8H,3-5H2,1-2H3. The van der Waals surface area contributed by atoms with E-state index in [0.717, 1.165) is 16.9 Å². The highest BCUT2D eigenvalue weighted by molar-refractivity contribution is 8.13. The summed E-state index contributed by atoms with van der Waals surface area (Å²) in [5.74, 6) is 0.712. The molecule has 0 N–H and O–H groups in total. The Morgan fingerprint density at radius 1 is 1.19 bits per heavy atom. The maximum Gasteiger partial charge on any atom is 0.232 e. The first-order chi connectivity index (χ1) is 7.37. The molecule has 0 amide bonds. The van der Waals surface area contributed by atoms with Gasteiger partial charge in [-0.05, 0) is 43.5 Å². The van der Waals surface area contributed by atoms with Crippen LogP contribution in [0.1, 0.15) is 17.5 Å². The van der Waals surface area contributed by atoms with Crippen molar-refractivity contribution in [1.82, 2.24) is 0 Å². The fraction of sp³-hybridized carbons (Fsp3) is 0.455. The van der Waals surface area contributed by atoms with Gasteiger partial charge in [0, 0.05) is 10.7 Å². The van der Waals surface area contributed by atoms with Gasteiger partial charge in [0.25, 0.3) is 0 Å². The van der Waals surface area contributed by atoms with E-state index in [1.165, 1.54) is 0 Å². The highest BCUT2D eigenvalue weighted by Gasteiger charge is 2.04. The normalized spacial score (nSPS) is 11.4. The molecule has 0 aliphatic rings. The van der Waals surface area contributed by atoms with Crippen molar-refractivity contribution in [3.8, 4) is 5.75 Å². The van der Waals surface area contributed by atoms with Crippen molar-refractivity contribution in [1.29, 1.82) is 0 Å². The van der Waals surface area contributed by atoms with E-state index >= 15 is 0 Å². The van der Waals surface area contributed by atoms with E-state index in [9.17, 15) is 8.42 Å². The summed E-state index contributed by atoms with van der Waals surface area (Å²) < 4.78 is 26.8. The topological polar surface area (TPSA) is 43.4 Å². The predicted molar refractivity (Wildman–Crippen MR) is 65.7 cm³/mol. The second-order valence-corrected chi connectivity index (χ2v) is 6.66. The molecule has 0 aromatic heterocycles. The third-order valence-corrected chi connectivity index (χ3v) is 3.24. The van der Waals surface area contributed by atoms with E-state index in [0.29, 0.717) is 13.0 Å². The molecular weight excluding hydrogens is 248 g/mol. The van der Waals surface area contributed by atoms with Crippen molar-refractivity contribution in [2.24, 2.45) is 0 Å². The molecule has 5 heteroatoms. The Labute approximate surface area is 101 Å². The van der Waals surface area contributed by atoms with Gasteiger partial charge in [-0.25, -0.2) is 8.42 Å². The van der Waals surface area contributed by atoms with E-state index in [1.807, 2.05) is 26.0 Å². The van der Waals surface area contributed by atoms with Crippen molar-refractivity contribution in [2.45, 2.75) is 20.3 Å². The van der Waals surface area contributed by atoms with Gasteiger partial charge in [0.15, 0.2) is 0 Å². The van der Waals surface area contributed by atoms with Gasteiger partial charge >= 0.3 is 0 Å². The quantitative estimate of drug-likeness (QED) is 0.605. The van der Waals surface area contributed by atoms with Crippen molar-refractivity contribution in [2.75, 3.05) is 12.4 Å². The van der Waals surface area contributed by atoms with Crippen LogP contribution < -0.4 is 4.74 Å². The SMILES string of the molecule is Cc1cc(C)cc(OCCCS(=O)(=O)Cl)c1. The number of rotatable bonds is 5. The molecule has 0 radical (unpaired) electrons. The van der Waals surface area contributed by atoms with Crippen molar-refractivity contribution < 1.29 is 13.2 Å². The van der Waals surface area contributed by atoms with Crippen LogP contribution in [-0.4, -0.2) is 20.8 Å². The Hall–Kier alpha value is -0.740. The molecular formula is C11H15ClO3S. The molecule has 3 nitrogen and oxygen atoms in total. The smallest absolute Gasteiger partial charge is 0.232 e. The summed E-state index contributed by atoms with van der Waals surface area (Å²) in [4.78, 5) is 0. The zero-order valence-corrected chi connectivity index (χ0v) is 10.9. The van der Waals surface area contributed by atoms with E-state index in [-0.39, 0.29) is 5.75 Å². The summed E-state index contributed by atoms with van der Waals surface area (Å²) in [5.41, 5.74) is 2.25. The summed E-state index contributed by atoms with van der Waals surface area (Å²) in [7, 11) is 1.68. The molecule has 0 saturated heterocycles. The predicted octanol–water partition coefficient (Wildman–Crippen LogP) is 2.64. The number of ether oxygens (including phenoxy) is 1. The minimum absolute atomic E-state index is 0.0562. The van der Waals surface area contributed by atoms with Gasteiger partial charge < -0.3 is 4.74 Å². The van der Waals surface area contributed by atoms with Gasteiger partial charge in [-0.2, -0.15) is 0 Å². The van der Waals surface area contributed by atoms with Gasteiger partial charge in [0.05, 0.1) is 12.4 Å². The Morgan fingerprint density at radius 2 is 1.75 bits per heavy atom. The summed E-state index contributed by atoms with van der Waals surface area (Å²) in [6.07, 6.45) is 0.402. The van der Waals surface area contributed by atoms with Crippen LogP contribution in [0.2, 0.25) is 0 Å². The number of aryl methyl sites for hydroxylation is 2. The van der Waals surface area contributed by atoms with Crippen LogP contribution in [0.4, 0.5) is 0 Å². The number of halogens is 1. The summed E-state index contributed by atoms with van der Waals surface area (Å²) in [5, 5.41) is 0. The van der Waals surface area contributed by atoms with Crippen LogP contribution in [0.5, 0.6) is 5.75 Å². The lowest BCUT2D eigenvalue weighted by molar-refractivity contribution is 0.317. The monoisotopic (exact) mass is 262 g/mol. The minimum atomic E-state index is -3.40. The van der Waals surface area contributed by atoms with Crippen LogP contribution in [-0.2, 0) is 9.05 Å². The van der Waals surface area contributed by atoms with E-state index in [4.69, 9.17) is 15.4 Å². The Balaban J connectivity index is 2.43. The van der Waals surface area contributed by atoms with E-state index in [1.54, 1.807) is 0 Å². The van der Waals surface area contributed by atoms with Crippen molar-refractivity contribution in [3.05, 3.63) is 29.3 Å². The lowest BCUT2D eigenvalue weighted by Crippen LogP contribution is -2.05. The molecule has 0 unspecified atom stereocenters. The largest absolute Gasteiger partial charge is 0.494 e. The van der Waals surface area contributed by atoms with Crippen LogP contribution in [0.25, 0.3) is 0 Å². The van der Waals surface area contributed by atoms with Gasteiger partial charge in [0.1, 0.15) is 5.75 Å². The minimum Gasteiger partial charge on any atom is -0.494 e. The second-order valence-electron chi connectivity index (χ2n) is 3.77. The maximum absolute atomic E-state index is 10.7. The highest BCUT2D eigenvalue weighted by Crippen LogP contribution is 2.16. The molecule has 0 bridgehead atoms. The van der Waals surface area contributed by atoms with Crippen molar-refractivity contribution in [3.63, 3.8) is 0 Å². The van der Waals surface area contributed by atoms with E-state index in [2.05, 4.69) is 6.07 Å². The summed E-state index contributed by atoms with van der Waals surface area (Å²) in [6, 6.07) is 5.89. The third kappa shape index (κ3) is 5.37. The Morgan fingerprint density at radius 3 is 2.25 bits per heavy atom. The zero-order chi connectivity index (χ0) is 12.2. The molecule has 1 aromatic rings. The molecule has 0 atom stereocenters. The first-order valence-electron chi connectivity index (χ1n) is 5.00. The lowest BCUT2D eigenvalue weighted by Gasteiger charge is -2.07. The molecule has 1 rings (SSSR count). The van der Waals surface area contributed by atoms with Crippen LogP contribution in [0.15, 0.2) is 18.2 Å². The fourth-order valence-corrected chi connectivity index (χ4v) is 2.23. The maximum atomic E-state index is 10.7. The van der Waals surface area contributed by atoms with Crippen LogP contribution in [0.3, 0.4) is 0 Å². The molecule has 90 valence electrons. The Bertz CT molecular complexity index is 434. The second kappa shape index (κ2) is 5.55. The first kappa shape index (κ1) is 13.3. The van der Waals surface area contributed by atoms with Crippen molar-refractivity contribution >= 4 is 19.7 Å². The third-order valence-electron chi connectivity index (χ3n) is 2.00. The average Bonchev–Trinajstić information content (AvgIpc) is 2.09. The average molecular weight is 263 g/mol. The summed E-state index contributed by atoms with van der Waals surface area (Å²) in [6.45, 7) is 4.33. The van der Waals surface area contributed by atoms with Gasteiger partial charge in [0.2, 0.25) is 9.05 Å². The summed E-state index contributed by atoms with van der Waals surface area (Å²) >= 11 is 0. The molecule has 0 aliphatic heterocycles. The number of benzene rings is 1. The molecule has 1 aromatic carbocycles. The Kier molecular flexibility index (Phi) is 4.62. The number of hydrogen-bond acceptors (Lipinski definition) is 3. The van der Waals surface area contributed by atoms with E-state index < -0.39 is 9.05 Å².